The summed E-state index contributed by atoms with van der Waals surface area (Å²) in [4.78, 5) is 16.8. The number of amides is 1. The second-order valence-electron chi connectivity index (χ2n) is 7.29. The van der Waals surface area contributed by atoms with Gasteiger partial charge in [0.1, 0.15) is 12.4 Å². The van der Waals surface area contributed by atoms with Crippen LogP contribution < -0.4 is 5.32 Å². The summed E-state index contributed by atoms with van der Waals surface area (Å²) in [5.41, 5.74) is 0.179. The Bertz CT molecular complexity index is 1120. The van der Waals surface area contributed by atoms with Gasteiger partial charge in [-0.25, -0.2) is 9.67 Å². The highest BCUT2D eigenvalue weighted by molar-refractivity contribution is 9.10. The number of benzene rings is 1. The van der Waals surface area contributed by atoms with E-state index in [2.05, 4.69) is 36.4 Å². The monoisotopic (exact) mass is 516 g/mol. The minimum atomic E-state index is -4.62. The lowest BCUT2D eigenvalue weighted by molar-refractivity contribution is -0.142. The standard InChI is InChI=1S/C19H17BrClF3N6O/c1-10(30-15(11-6-7-11)14(20)16(27-30)19(22,23)24)17(31)26-18-25-9-29(28-18)8-12-4-2-3-5-13(12)21/h2-5,9-11H,6-8H2,1H3,(H,26,28,31). The first kappa shape index (κ1) is 21.8. The predicted octanol–water partition coefficient (Wildman–Crippen LogP) is 5.03. The Morgan fingerprint density at radius 1 is 1.32 bits per heavy atom. The molecule has 2 heterocycles. The van der Waals surface area contributed by atoms with E-state index >= 15 is 0 Å². The number of rotatable bonds is 6. The van der Waals surface area contributed by atoms with E-state index in [1.807, 2.05) is 18.2 Å². The quantitative estimate of drug-likeness (QED) is 0.497. The van der Waals surface area contributed by atoms with Gasteiger partial charge < -0.3 is 0 Å². The second kappa shape index (κ2) is 8.27. The average Bonchev–Trinajstić information content (AvgIpc) is 3.34. The highest BCUT2D eigenvalue weighted by Crippen LogP contribution is 2.47. The molecule has 31 heavy (non-hydrogen) atoms. The van der Waals surface area contributed by atoms with Crippen molar-refractivity contribution in [3.05, 3.63) is 57.0 Å². The van der Waals surface area contributed by atoms with Crippen LogP contribution in [0.4, 0.5) is 19.1 Å². The number of carbonyl (C=O) groups excluding carboxylic acids is 1. The summed E-state index contributed by atoms with van der Waals surface area (Å²) >= 11 is 9.17. The molecule has 12 heteroatoms. The molecule has 1 aromatic carbocycles. The summed E-state index contributed by atoms with van der Waals surface area (Å²) in [6.07, 6.45) is -1.68. The molecule has 0 bridgehead atoms. The van der Waals surface area contributed by atoms with E-state index in [1.54, 1.807) is 6.07 Å². The molecular weight excluding hydrogens is 501 g/mol. The summed E-state index contributed by atoms with van der Waals surface area (Å²) in [5, 5.41) is 11.0. The smallest absolute Gasteiger partial charge is 0.291 e. The predicted molar refractivity (Wildman–Crippen MR) is 111 cm³/mol. The van der Waals surface area contributed by atoms with Crippen molar-refractivity contribution in [3.8, 4) is 0 Å². The van der Waals surface area contributed by atoms with Gasteiger partial charge in [0.05, 0.1) is 16.7 Å². The summed E-state index contributed by atoms with van der Waals surface area (Å²) in [5.74, 6) is -0.582. The number of hydrogen-bond acceptors (Lipinski definition) is 4. The molecule has 1 atom stereocenters. The van der Waals surface area contributed by atoms with Gasteiger partial charge in [-0.3, -0.25) is 14.8 Å². The normalized spacial score (nSPS) is 15.2. The third-order valence-electron chi connectivity index (χ3n) is 4.93. The average molecular weight is 518 g/mol. The summed E-state index contributed by atoms with van der Waals surface area (Å²) < 4.78 is 42.5. The van der Waals surface area contributed by atoms with Gasteiger partial charge in [-0.2, -0.15) is 18.3 Å². The van der Waals surface area contributed by atoms with E-state index in [0.717, 1.165) is 23.1 Å². The van der Waals surface area contributed by atoms with Crippen molar-refractivity contribution in [2.24, 2.45) is 0 Å². The molecule has 1 saturated carbocycles. The maximum atomic E-state index is 13.3. The van der Waals surface area contributed by atoms with Gasteiger partial charge in [0.15, 0.2) is 5.69 Å². The third-order valence-corrected chi connectivity index (χ3v) is 6.08. The van der Waals surface area contributed by atoms with Gasteiger partial charge >= 0.3 is 6.18 Å². The molecular formula is C19H17BrClF3N6O. The number of alkyl halides is 3. The molecule has 1 N–H and O–H groups in total. The molecule has 7 nitrogen and oxygen atoms in total. The fraction of sp³-hybridized carbons (Fsp3) is 0.368. The molecule has 1 aliphatic rings. The number of carbonyl (C=O) groups is 1. The molecule has 1 unspecified atom stereocenters. The first-order chi connectivity index (χ1) is 14.6. The van der Waals surface area contributed by atoms with Crippen LogP contribution in [0, 0.1) is 0 Å². The zero-order chi connectivity index (χ0) is 22.3. The van der Waals surface area contributed by atoms with Crippen LogP contribution in [0.1, 0.15) is 48.7 Å². The number of aromatic nitrogens is 5. The van der Waals surface area contributed by atoms with E-state index in [9.17, 15) is 18.0 Å². The van der Waals surface area contributed by atoms with Crippen molar-refractivity contribution in [1.29, 1.82) is 0 Å². The van der Waals surface area contributed by atoms with Gasteiger partial charge in [-0.05, 0) is 47.3 Å². The number of nitrogens with zero attached hydrogens (tertiary/aromatic N) is 5. The number of nitrogens with one attached hydrogen (secondary N) is 1. The van der Waals surface area contributed by atoms with Gasteiger partial charge in [-0.15, -0.1) is 5.10 Å². The van der Waals surface area contributed by atoms with Crippen molar-refractivity contribution < 1.29 is 18.0 Å². The van der Waals surface area contributed by atoms with Gasteiger partial charge in [0.25, 0.3) is 5.91 Å². The maximum Gasteiger partial charge on any atom is 0.436 e. The number of anilines is 1. The highest BCUT2D eigenvalue weighted by Gasteiger charge is 2.43. The Kier molecular flexibility index (Phi) is 5.82. The van der Waals surface area contributed by atoms with Crippen molar-refractivity contribution in [1.82, 2.24) is 24.5 Å². The minimum Gasteiger partial charge on any atom is -0.291 e. The van der Waals surface area contributed by atoms with Crippen LogP contribution in [0.25, 0.3) is 0 Å². The van der Waals surface area contributed by atoms with Gasteiger partial charge in [-0.1, -0.05) is 29.8 Å². The minimum absolute atomic E-state index is 0.0409. The van der Waals surface area contributed by atoms with Crippen LogP contribution in [0.5, 0.6) is 0 Å². The Hall–Kier alpha value is -2.40. The van der Waals surface area contributed by atoms with Gasteiger partial charge in [0, 0.05) is 10.9 Å². The molecule has 3 aromatic rings. The first-order valence-electron chi connectivity index (χ1n) is 9.44. The van der Waals surface area contributed by atoms with Crippen molar-refractivity contribution in [2.45, 2.75) is 44.4 Å². The second-order valence-corrected chi connectivity index (χ2v) is 8.49. The lowest BCUT2D eigenvalue weighted by atomic mass is 10.2. The maximum absolute atomic E-state index is 13.3. The molecule has 0 saturated heterocycles. The Morgan fingerprint density at radius 2 is 2.03 bits per heavy atom. The van der Waals surface area contributed by atoms with Crippen molar-refractivity contribution >= 4 is 39.4 Å². The zero-order valence-electron chi connectivity index (χ0n) is 16.2. The topological polar surface area (TPSA) is 77.6 Å². The molecule has 1 fully saturated rings. The van der Waals surface area contributed by atoms with Crippen LogP contribution in [-0.4, -0.2) is 30.5 Å². The zero-order valence-corrected chi connectivity index (χ0v) is 18.5. The van der Waals surface area contributed by atoms with E-state index in [1.165, 1.54) is 17.9 Å². The van der Waals surface area contributed by atoms with Crippen LogP contribution in [-0.2, 0) is 17.5 Å². The van der Waals surface area contributed by atoms with Crippen LogP contribution in [0.3, 0.4) is 0 Å². The van der Waals surface area contributed by atoms with E-state index in [-0.39, 0.29) is 16.3 Å². The van der Waals surface area contributed by atoms with Crippen molar-refractivity contribution in [2.75, 3.05) is 5.32 Å². The van der Waals surface area contributed by atoms with E-state index in [0.29, 0.717) is 17.3 Å². The van der Waals surface area contributed by atoms with Crippen LogP contribution in [0.2, 0.25) is 5.02 Å². The Labute approximate surface area is 188 Å². The third kappa shape index (κ3) is 4.62. The summed E-state index contributed by atoms with van der Waals surface area (Å²) in [6.45, 7) is 1.84. The Balaban J connectivity index is 1.51. The lowest BCUT2D eigenvalue weighted by Crippen LogP contribution is -2.26. The Morgan fingerprint density at radius 3 is 2.68 bits per heavy atom. The molecule has 2 aromatic heterocycles. The number of halogens is 5. The molecule has 0 radical (unpaired) electrons. The van der Waals surface area contributed by atoms with Crippen molar-refractivity contribution in [3.63, 3.8) is 0 Å². The summed E-state index contributed by atoms with van der Waals surface area (Å²) in [7, 11) is 0. The molecule has 4 rings (SSSR count). The molecule has 1 aliphatic carbocycles. The SMILES string of the molecule is CC(C(=O)Nc1ncn(Cc2ccccc2Cl)n1)n1nc(C(F)(F)F)c(Br)c1C1CC1. The fourth-order valence-corrected chi connectivity index (χ4v) is 4.19. The largest absolute Gasteiger partial charge is 0.436 e. The van der Waals surface area contributed by atoms with Crippen LogP contribution in [0.15, 0.2) is 35.1 Å². The highest BCUT2D eigenvalue weighted by atomic mass is 79.9. The van der Waals surface area contributed by atoms with E-state index in [4.69, 9.17) is 11.6 Å². The lowest BCUT2D eigenvalue weighted by Gasteiger charge is -2.14. The molecule has 164 valence electrons. The fourth-order valence-electron chi connectivity index (χ4n) is 3.18. The van der Waals surface area contributed by atoms with Crippen LogP contribution >= 0.6 is 27.5 Å². The van der Waals surface area contributed by atoms with Gasteiger partial charge in [0.2, 0.25) is 5.95 Å². The summed E-state index contributed by atoms with van der Waals surface area (Å²) in [6, 6.07) is 6.27. The van der Waals surface area contributed by atoms with E-state index < -0.39 is 23.8 Å². The number of hydrogen-bond donors (Lipinski definition) is 1. The molecule has 0 aliphatic heterocycles. The molecule has 0 spiro atoms. The molecule has 1 amide bonds. The first-order valence-corrected chi connectivity index (χ1v) is 10.6.